The summed E-state index contributed by atoms with van der Waals surface area (Å²) in [6, 6.07) is 8.73. The fourth-order valence-electron chi connectivity index (χ4n) is 2.86. The van der Waals surface area contributed by atoms with Crippen LogP contribution in [0.25, 0.3) is 5.82 Å². The summed E-state index contributed by atoms with van der Waals surface area (Å²) in [5.41, 5.74) is -0.177. The van der Waals surface area contributed by atoms with Gasteiger partial charge in [-0.1, -0.05) is 24.1 Å². The molecule has 3 aromatic rings. The van der Waals surface area contributed by atoms with Gasteiger partial charge in [-0.05, 0) is 31.0 Å². The molecule has 3 heterocycles. The van der Waals surface area contributed by atoms with Crippen molar-refractivity contribution in [3.63, 3.8) is 0 Å². The molecule has 128 valence electrons. The Balaban J connectivity index is 1.67. The largest absolute Gasteiger partial charge is 0.424 e. The van der Waals surface area contributed by atoms with Gasteiger partial charge in [0.2, 0.25) is 0 Å². The van der Waals surface area contributed by atoms with Crippen molar-refractivity contribution in [1.82, 2.24) is 24.3 Å². The molecular formula is C17H16ClN5O2. The maximum Gasteiger partial charge on any atom is 0.352 e. The topological polar surface area (TPSA) is 74.8 Å². The predicted molar refractivity (Wildman–Crippen MR) is 92.5 cm³/mol. The van der Waals surface area contributed by atoms with E-state index in [4.69, 9.17) is 16.3 Å². The van der Waals surface area contributed by atoms with Crippen LogP contribution in [0.15, 0.2) is 41.3 Å². The second kappa shape index (κ2) is 6.68. The standard InChI is InChI=1S/C17H16ClN5O2/c18-12-5-4-6-13(11-12)25-16-19-9-8-14(20-16)23-17(24)22-10-3-1-2-7-15(22)21-23/h4-6,8-9,11H,1-3,7,10H2. The van der Waals surface area contributed by atoms with Crippen molar-refractivity contribution in [2.24, 2.45) is 0 Å². The fourth-order valence-corrected chi connectivity index (χ4v) is 3.04. The lowest BCUT2D eigenvalue weighted by atomic mass is 10.2. The van der Waals surface area contributed by atoms with Gasteiger partial charge in [0.15, 0.2) is 5.82 Å². The lowest BCUT2D eigenvalue weighted by Gasteiger charge is -2.05. The first-order valence-electron chi connectivity index (χ1n) is 8.16. The van der Waals surface area contributed by atoms with Gasteiger partial charge in [-0.15, -0.1) is 5.10 Å². The average Bonchev–Trinajstić information content (AvgIpc) is 2.78. The van der Waals surface area contributed by atoms with E-state index in [1.807, 2.05) is 0 Å². The minimum atomic E-state index is -0.177. The molecule has 1 aromatic carbocycles. The molecule has 0 N–H and O–H groups in total. The number of benzene rings is 1. The second-order valence-electron chi connectivity index (χ2n) is 5.83. The molecule has 0 spiro atoms. The van der Waals surface area contributed by atoms with E-state index >= 15 is 0 Å². The van der Waals surface area contributed by atoms with Crippen LogP contribution in [0.3, 0.4) is 0 Å². The number of hydrogen-bond acceptors (Lipinski definition) is 5. The third-order valence-electron chi connectivity index (χ3n) is 4.06. The van der Waals surface area contributed by atoms with Crippen molar-refractivity contribution in [2.75, 3.05) is 0 Å². The van der Waals surface area contributed by atoms with Crippen molar-refractivity contribution in [1.29, 1.82) is 0 Å². The number of aryl methyl sites for hydroxylation is 1. The lowest BCUT2D eigenvalue weighted by Crippen LogP contribution is -2.24. The summed E-state index contributed by atoms with van der Waals surface area (Å²) in [5, 5.41) is 5.00. The highest BCUT2D eigenvalue weighted by Crippen LogP contribution is 2.22. The van der Waals surface area contributed by atoms with Crippen LogP contribution < -0.4 is 10.4 Å². The van der Waals surface area contributed by atoms with E-state index in [1.165, 1.54) is 4.68 Å². The molecule has 4 rings (SSSR count). The second-order valence-corrected chi connectivity index (χ2v) is 6.27. The number of fused-ring (bicyclic) bond motifs is 1. The van der Waals surface area contributed by atoms with Gasteiger partial charge in [-0.25, -0.2) is 9.78 Å². The van der Waals surface area contributed by atoms with Crippen LogP contribution in [0.5, 0.6) is 11.8 Å². The fraction of sp³-hybridized carbons (Fsp3) is 0.294. The molecule has 2 aromatic heterocycles. The molecular weight excluding hydrogens is 342 g/mol. The highest BCUT2D eigenvalue weighted by atomic mass is 35.5. The summed E-state index contributed by atoms with van der Waals surface area (Å²) in [6.45, 7) is 0.700. The van der Waals surface area contributed by atoms with E-state index in [0.717, 1.165) is 31.5 Å². The first-order valence-corrected chi connectivity index (χ1v) is 8.54. The molecule has 25 heavy (non-hydrogen) atoms. The highest BCUT2D eigenvalue weighted by Gasteiger charge is 2.17. The van der Waals surface area contributed by atoms with Gasteiger partial charge in [-0.2, -0.15) is 9.67 Å². The van der Waals surface area contributed by atoms with Crippen LogP contribution in [-0.4, -0.2) is 24.3 Å². The number of hydrogen-bond donors (Lipinski definition) is 0. The van der Waals surface area contributed by atoms with E-state index in [0.29, 0.717) is 23.1 Å². The number of aromatic nitrogens is 5. The van der Waals surface area contributed by atoms with Crippen LogP contribution in [0, 0.1) is 0 Å². The van der Waals surface area contributed by atoms with E-state index < -0.39 is 0 Å². The molecule has 0 amide bonds. The van der Waals surface area contributed by atoms with E-state index in [9.17, 15) is 4.79 Å². The molecule has 0 saturated heterocycles. The summed E-state index contributed by atoms with van der Waals surface area (Å²) in [4.78, 5) is 21.0. The molecule has 0 unspecified atom stereocenters. The Labute approximate surface area is 148 Å². The Morgan fingerprint density at radius 2 is 2.08 bits per heavy atom. The van der Waals surface area contributed by atoms with Gasteiger partial charge in [0, 0.05) is 30.3 Å². The Bertz CT molecular complexity index is 966. The summed E-state index contributed by atoms with van der Waals surface area (Å²) in [6.07, 6.45) is 5.50. The Hall–Kier alpha value is -2.67. The van der Waals surface area contributed by atoms with Crippen molar-refractivity contribution in [2.45, 2.75) is 32.2 Å². The van der Waals surface area contributed by atoms with Crippen molar-refractivity contribution in [3.8, 4) is 17.6 Å². The maximum atomic E-state index is 12.6. The molecule has 0 radical (unpaired) electrons. The van der Waals surface area contributed by atoms with Crippen LogP contribution >= 0.6 is 11.6 Å². The zero-order valence-corrected chi connectivity index (χ0v) is 14.2. The number of nitrogens with zero attached hydrogens (tertiary/aromatic N) is 5. The van der Waals surface area contributed by atoms with Gasteiger partial charge in [0.05, 0.1) is 0 Å². The first-order chi connectivity index (χ1) is 12.2. The molecule has 0 aliphatic carbocycles. The lowest BCUT2D eigenvalue weighted by molar-refractivity contribution is 0.440. The Kier molecular flexibility index (Phi) is 4.23. The molecule has 0 fully saturated rings. The van der Waals surface area contributed by atoms with Gasteiger partial charge >= 0.3 is 11.7 Å². The van der Waals surface area contributed by atoms with E-state index in [-0.39, 0.29) is 11.7 Å². The van der Waals surface area contributed by atoms with E-state index in [1.54, 1.807) is 41.1 Å². The Morgan fingerprint density at radius 3 is 2.96 bits per heavy atom. The third-order valence-corrected chi connectivity index (χ3v) is 4.30. The molecule has 8 heteroatoms. The monoisotopic (exact) mass is 357 g/mol. The van der Waals surface area contributed by atoms with Crippen molar-refractivity contribution in [3.05, 3.63) is 57.9 Å². The third kappa shape index (κ3) is 3.28. The van der Waals surface area contributed by atoms with Crippen molar-refractivity contribution >= 4 is 11.6 Å². The summed E-state index contributed by atoms with van der Waals surface area (Å²) in [5.74, 6) is 1.72. The quantitative estimate of drug-likeness (QED) is 0.720. The zero-order valence-electron chi connectivity index (χ0n) is 13.4. The molecule has 1 aliphatic rings. The smallest absolute Gasteiger partial charge is 0.352 e. The van der Waals surface area contributed by atoms with Gasteiger partial charge in [0.25, 0.3) is 0 Å². The SMILES string of the molecule is O=c1n(-c2ccnc(Oc3cccc(Cl)c3)n2)nc2n1CCCCC2. The van der Waals surface area contributed by atoms with Crippen LogP contribution in [-0.2, 0) is 13.0 Å². The minimum absolute atomic E-state index is 0.134. The van der Waals surface area contributed by atoms with Gasteiger partial charge in [0.1, 0.15) is 11.6 Å². The number of ether oxygens (including phenoxy) is 1. The van der Waals surface area contributed by atoms with Crippen LogP contribution in [0.1, 0.15) is 25.1 Å². The van der Waals surface area contributed by atoms with E-state index in [2.05, 4.69) is 15.1 Å². The average molecular weight is 358 g/mol. The van der Waals surface area contributed by atoms with Gasteiger partial charge in [-0.3, -0.25) is 4.57 Å². The molecule has 0 atom stereocenters. The normalized spacial score (nSPS) is 14.0. The highest BCUT2D eigenvalue weighted by molar-refractivity contribution is 6.30. The maximum absolute atomic E-state index is 12.6. The number of halogens is 1. The minimum Gasteiger partial charge on any atom is -0.424 e. The molecule has 0 bridgehead atoms. The summed E-state index contributed by atoms with van der Waals surface area (Å²) in [7, 11) is 0. The summed E-state index contributed by atoms with van der Waals surface area (Å²) >= 11 is 5.95. The van der Waals surface area contributed by atoms with Gasteiger partial charge < -0.3 is 4.74 Å². The molecule has 0 saturated carbocycles. The molecule has 1 aliphatic heterocycles. The first kappa shape index (κ1) is 15.8. The predicted octanol–water partition coefficient (Wildman–Crippen LogP) is 3.00. The molecule has 7 nitrogen and oxygen atoms in total. The van der Waals surface area contributed by atoms with Crippen LogP contribution in [0.4, 0.5) is 0 Å². The summed E-state index contributed by atoms with van der Waals surface area (Å²) < 4.78 is 8.67. The zero-order chi connectivity index (χ0) is 17.2. The van der Waals surface area contributed by atoms with Crippen LogP contribution in [0.2, 0.25) is 5.02 Å². The van der Waals surface area contributed by atoms with Crippen molar-refractivity contribution < 1.29 is 4.74 Å². The Morgan fingerprint density at radius 1 is 1.16 bits per heavy atom. The number of rotatable bonds is 3.